The van der Waals surface area contributed by atoms with Crippen molar-refractivity contribution in [2.24, 2.45) is 0 Å². The van der Waals surface area contributed by atoms with Crippen molar-refractivity contribution in [1.82, 2.24) is 24.8 Å². The van der Waals surface area contributed by atoms with Gasteiger partial charge in [-0.15, -0.1) is 0 Å². The Hall–Kier alpha value is -2.19. The van der Waals surface area contributed by atoms with E-state index < -0.39 is 0 Å². The summed E-state index contributed by atoms with van der Waals surface area (Å²) in [5.41, 5.74) is 2.54. The molecule has 3 aromatic rings. The van der Waals surface area contributed by atoms with E-state index >= 15 is 0 Å². The van der Waals surface area contributed by atoms with Crippen molar-refractivity contribution in [3.63, 3.8) is 0 Å². The lowest BCUT2D eigenvalue weighted by atomic mass is 10.1. The molecule has 28 heavy (non-hydrogen) atoms. The van der Waals surface area contributed by atoms with Gasteiger partial charge in [-0.25, -0.2) is 9.50 Å². The Labute approximate surface area is 172 Å². The summed E-state index contributed by atoms with van der Waals surface area (Å²) in [6.07, 6.45) is 3.19. The van der Waals surface area contributed by atoms with Gasteiger partial charge in [0.15, 0.2) is 5.65 Å². The van der Waals surface area contributed by atoms with Gasteiger partial charge in [-0.1, -0.05) is 29.3 Å². The minimum absolute atomic E-state index is 0.193. The fourth-order valence-corrected chi connectivity index (χ4v) is 3.47. The van der Waals surface area contributed by atoms with E-state index in [1.54, 1.807) is 22.8 Å². The molecule has 9 heteroatoms. The van der Waals surface area contributed by atoms with Gasteiger partial charge in [0.2, 0.25) is 0 Å². The largest absolute Gasteiger partial charge is 0.379 e. The molecule has 146 valence electrons. The van der Waals surface area contributed by atoms with Crippen molar-refractivity contribution in [2.45, 2.75) is 0 Å². The van der Waals surface area contributed by atoms with Crippen molar-refractivity contribution in [2.75, 3.05) is 39.4 Å². The van der Waals surface area contributed by atoms with Crippen molar-refractivity contribution >= 4 is 34.8 Å². The number of hydrogen-bond acceptors (Lipinski definition) is 5. The monoisotopic (exact) mass is 419 g/mol. The number of aromatic nitrogens is 3. The van der Waals surface area contributed by atoms with Crippen LogP contribution >= 0.6 is 23.2 Å². The van der Waals surface area contributed by atoms with E-state index in [1.165, 1.54) is 6.20 Å². The number of carbonyl (C=O) groups is 1. The maximum absolute atomic E-state index is 12.6. The zero-order valence-corrected chi connectivity index (χ0v) is 16.6. The lowest BCUT2D eigenvalue weighted by molar-refractivity contribution is 0.0383. The summed E-state index contributed by atoms with van der Waals surface area (Å²) in [6, 6.07) is 7.17. The quantitative estimate of drug-likeness (QED) is 0.688. The number of ether oxygens (including phenoxy) is 1. The van der Waals surface area contributed by atoms with Crippen LogP contribution < -0.4 is 5.32 Å². The van der Waals surface area contributed by atoms with Crippen molar-refractivity contribution in [1.29, 1.82) is 0 Å². The number of nitrogens with zero attached hydrogens (tertiary/aromatic N) is 4. The summed E-state index contributed by atoms with van der Waals surface area (Å²) in [6.45, 7) is 4.61. The van der Waals surface area contributed by atoms with Gasteiger partial charge >= 0.3 is 0 Å². The fourth-order valence-electron chi connectivity index (χ4n) is 3.17. The van der Waals surface area contributed by atoms with Gasteiger partial charge in [-0.2, -0.15) is 5.10 Å². The third-order valence-electron chi connectivity index (χ3n) is 4.68. The molecule has 0 saturated carbocycles. The predicted octanol–water partition coefficient (Wildman–Crippen LogP) is 2.77. The van der Waals surface area contributed by atoms with Gasteiger partial charge in [-0.05, 0) is 18.2 Å². The molecular formula is C19H19Cl2N5O2. The van der Waals surface area contributed by atoms with Crippen molar-refractivity contribution < 1.29 is 9.53 Å². The number of amides is 1. The van der Waals surface area contributed by atoms with E-state index in [2.05, 4.69) is 20.3 Å². The standard InChI is InChI=1S/C19H19Cl2N5O2/c20-15-2-1-13(11-16(15)21)17-3-4-22-18-14(12-24-26(17)18)19(27)23-5-6-25-7-9-28-10-8-25/h1-4,11-12H,5-10H2,(H,23,27). The summed E-state index contributed by atoms with van der Waals surface area (Å²) in [7, 11) is 0. The van der Waals surface area contributed by atoms with Crippen LogP contribution in [0.2, 0.25) is 10.0 Å². The molecule has 3 heterocycles. The molecule has 0 aliphatic carbocycles. The summed E-state index contributed by atoms with van der Waals surface area (Å²) in [5, 5.41) is 8.24. The highest BCUT2D eigenvalue weighted by atomic mass is 35.5. The van der Waals surface area contributed by atoms with Crippen LogP contribution in [-0.2, 0) is 4.74 Å². The lowest BCUT2D eigenvalue weighted by Gasteiger charge is -2.26. The first kappa shape index (κ1) is 19.1. The van der Waals surface area contributed by atoms with E-state index in [0.29, 0.717) is 27.8 Å². The topological polar surface area (TPSA) is 71.8 Å². The highest BCUT2D eigenvalue weighted by Gasteiger charge is 2.17. The van der Waals surface area contributed by atoms with E-state index in [1.807, 2.05) is 12.1 Å². The molecule has 1 amide bonds. The van der Waals surface area contributed by atoms with E-state index in [-0.39, 0.29) is 5.91 Å². The van der Waals surface area contributed by atoms with Crippen LogP contribution in [-0.4, -0.2) is 64.8 Å². The Kier molecular flexibility index (Phi) is 5.77. The molecular weight excluding hydrogens is 401 g/mol. The molecule has 1 aliphatic rings. The number of rotatable bonds is 5. The van der Waals surface area contributed by atoms with Crippen LogP contribution in [0.1, 0.15) is 10.4 Å². The molecule has 1 aromatic carbocycles. The molecule has 7 nitrogen and oxygen atoms in total. The summed E-state index contributed by atoms with van der Waals surface area (Å²) < 4.78 is 6.97. The van der Waals surface area contributed by atoms with Crippen molar-refractivity contribution in [3.8, 4) is 11.3 Å². The average molecular weight is 420 g/mol. The minimum Gasteiger partial charge on any atom is -0.379 e. The Balaban J connectivity index is 1.52. The molecule has 0 spiro atoms. The van der Waals surface area contributed by atoms with E-state index in [9.17, 15) is 4.79 Å². The number of benzene rings is 1. The maximum atomic E-state index is 12.6. The molecule has 0 atom stereocenters. The summed E-state index contributed by atoms with van der Waals surface area (Å²) in [5.74, 6) is -0.193. The third-order valence-corrected chi connectivity index (χ3v) is 5.42. The molecule has 0 unspecified atom stereocenters. The highest BCUT2D eigenvalue weighted by Crippen LogP contribution is 2.28. The molecule has 1 aliphatic heterocycles. The highest BCUT2D eigenvalue weighted by molar-refractivity contribution is 6.42. The predicted molar refractivity (Wildman–Crippen MR) is 108 cm³/mol. The number of fused-ring (bicyclic) bond motifs is 1. The zero-order valence-electron chi connectivity index (χ0n) is 15.1. The van der Waals surface area contributed by atoms with E-state index in [0.717, 1.165) is 44.1 Å². The minimum atomic E-state index is -0.193. The Morgan fingerprint density at radius 3 is 2.79 bits per heavy atom. The number of nitrogens with one attached hydrogen (secondary N) is 1. The first-order chi connectivity index (χ1) is 13.6. The number of hydrogen-bond donors (Lipinski definition) is 1. The summed E-state index contributed by atoms with van der Waals surface area (Å²) in [4.78, 5) is 19.2. The molecule has 1 fully saturated rings. The lowest BCUT2D eigenvalue weighted by Crippen LogP contribution is -2.41. The molecule has 1 saturated heterocycles. The average Bonchev–Trinajstić information content (AvgIpc) is 3.15. The number of carbonyl (C=O) groups excluding carboxylic acids is 1. The van der Waals surface area contributed by atoms with Gasteiger partial charge in [0.25, 0.3) is 5.91 Å². The third kappa shape index (κ3) is 3.98. The summed E-state index contributed by atoms with van der Waals surface area (Å²) >= 11 is 12.1. The maximum Gasteiger partial charge on any atom is 0.256 e. The Bertz CT molecular complexity index is 1000. The second-order valence-electron chi connectivity index (χ2n) is 6.46. The first-order valence-electron chi connectivity index (χ1n) is 9.00. The number of halogens is 2. The van der Waals surface area contributed by atoms with Gasteiger partial charge in [0.1, 0.15) is 5.56 Å². The van der Waals surface area contributed by atoms with Crippen LogP contribution in [0.5, 0.6) is 0 Å². The molecule has 0 radical (unpaired) electrons. The van der Waals surface area contributed by atoms with Crippen molar-refractivity contribution in [3.05, 3.63) is 52.3 Å². The smallest absolute Gasteiger partial charge is 0.256 e. The SMILES string of the molecule is O=C(NCCN1CCOCC1)c1cnn2c(-c3ccc(Cl)c(Cl)c3)ccnc12. The Morgan fingerprint density at radius 1 is 1.18 bits per heavy atom. The molecule has 0 bridgehead atoms. The van der Waals surface area contributed by atoms with Gasteiger partial charge in [0, 0.05) is 37.9 Å². The Morgan fingerprint density at radius 2 is 2.00 bits per heavy atom. The number of morpholine rings is 1. The second kappa shape index (κ2) is 8.45. The van der Waals surface area contributed by atoms with Crippen LogP contribution in [0.4, 0.5) is 0 Å². The van der Waals surface area contributed by atoms with Gasteiger partial charge in [-0.3, -0.25) is 9.69 Å². The van der Waals surface area contributed by atoms with Crippen LogP contribution in [0.15, 0.2) is 36.7 Å². The van der Waals surface area contributed by atoms with Crippen LogP contribution in [0.25, 0.3) is 16.9 Å². The van der Waals surface area contributed by atoms with E-state index in [4.69, 9.17) is 27.9 Å². The first-order valence-corrected chi connectivity index (χ1v) is 9.75. The molecule has 2 aromatic heterocycles. The fraction of sp³-hybridized carbons (Fsp3) is 0.316. The zero-order chi connectivity index (χ0) is 19.5. The molecule has 1 N–H and O–H groups in total. The normalized spacial score (nSPS) is 15.1. The van der Waals surface area contributed by atoms with Gasteiger partial charge < -0.3 is 10.1 Å². The van der Waals surface area contributed by atoms with Crippen LogP contribution in [0.3, 0.4) is 0 Å². The van der Waals surface area contributed by atoms with Gasteiger partial charge in [0.05, 0.1) is 35.1 Å². The molecule has 4 rings (SSSR count). The van der Waals surface area contributed by atoms with Crippen LogP contribution in [0, 0.1) is 0 Å². The second-order valence-corrected chi connectivity index (χ2v) is 7.28.